The summed E-state index contributed by atoms with van der Waals surface area (Å²) < 4.78 is 38.3. The highest BCUT2D eigenvalue weighted by Crippen LogP contribution is 2.68. The van der Waals surface area contributed by atoms with Gasteiger partial charge in [-0.15, -0.1) is 0 Å². The van der Waals surface area contributed by atoms with E-state index in [1.165, 1.54) is 6.92 Å². The Morgan fingerprint density at radius 3 is 1.67 bits per heavy atom. The molecule has 0 radical (unpaired) electrons. The van der Waals surface area contributed by atoms with Gasteiger partial charge in [-0.05, 0) is 30.1 Å². The first-order chi connectivity index (χ1) is 6.47. The highest BCUT2D eigenvalue weighted by atomic mass is 19.4. The molecule has 3 heteroatoms. The van der Waals surface area contributed by atoms with Crippen molar-refractivity contribution in [2.75, 3.05) is 0 Å². The quantitative estimate of drug-likeness (QED) is 0.598. The van der Waals surface area contributed by atoms with Gasteiger partial charge in [-0.2, -0.15) is 13.2 Å². The Morgan fingerprint density at radius 1 is 1.07 bits per heavy atom. The SMILES string of the molecule is CCC1(C(C)(C)C)CC(C)(C(F)(F)F)C1. The van der Waals surface area contributed by atoms with Crippen LogP contribution in [0.25, 0.3) is 0 Å². The molecule has 0 nitrogen and oxygen atoms in total. The Balaban J connectivity index is 2.84. The fourth-order valence-corrected chi connectivity index (χ4v) is 2.95. The van der Waals surface area contributed by atoms with E-state index in [4.69, 9.17) is 0 Å². The molecule has 0 bridgehead atoms. The van der Waals surface area contributed by atoms with Gasteiger partial charge >= 0.3 is 6.18 Å². The van der Waals surface area contributed by atoms with Crippen molar-refractivity contribution < 1.29 is 13.2 Å². The molecule has 0 aliphatic heterocycles. The fraction of sp³-hybridized carbons (Fsp3) is 1.00. The summed E-state index contributed by atoms with van der Waals surface area (Å²) in [4.78, 5) is 0. The summed E-state index contributed by atoms with van der Waals surface area (Å²) in [5, 5.41) is 0. The van der Waals surface area contributed by atoms with Crippen LogP contribution in [0, 0.1) is 16.2 Å². The normalized spacial score (nSPS) is 37.6. The van der Waals surface area contributed by atoms with Crippen LogP contribution in [0.15, 0.2) is 0 Å². The minimum absolute atomic E-state index is 0.0352. The predicted octanol–water partition coefficient (Wildman–Crippen LogP) is 4.79. The summed E-state index contributed by atoms with van der Waals surface area (Å²) in [7, 11) is 0. The van der Waals surface area contributed by atoms with E-state index in [1.807, 2.05) is 27.7 Å². The van der Waals surface area contributed by atoms with Crippen molar-refractivity contribution in [2.45, 2.75) is 60.1 Å². The highest BCUT2D eigenvalue weighted by Gasteiger charge is 2.66. The van der Waals surface area contributed by atoms with Crippen molar-refractivity contribution in [3.05, 3.63) is 0 Å². The van der Waals surface area contributed by atoms with Gasteiger partial charge in [0.15, 0.2) is 0 Å². The van der Waals surface area contributed by atoms with Crippen molar-refractivity contribution in [3.63, 3.8) is 0 Å². The van der Waals surface area contributed by atoms with Crippen molar-refractivity contribution >= 4 is 0 Å². The molecule has 0 spiro atoms. The number of alkyl halides is 3. The molecular formula is C12H21F3. The van der Waals surface area contributed by atoms with E-state index in [9.17, 15) is 13.2 Å². The largest absolute Gasteiger partial charge is 0.394 e. The average Bonchev–Trinajstić information content (AvgIpc) is 1.93. The minimum Gasteiger partial charge on any atom is -0.171 e. The second-order valence-corrected chi connectivity index (χ2v) is 6.30. The molecule has 0 atom stereocenters. The fourth-order valence-electron chi connectivity index (χ4n) is 2.95. The molecule has 0 aromatic heterocycles. The zero-order valence-electron chi connectivity index (χ0n) is 10.3. The van der Waals surface area contributed by atoms with Crippen molar-refractivity contribution in [1.82, 2.24) is 0 Å². The second kappa shape index (κ2) is 3.14. The van der Waals surface area contributed by atoms with E-state index in [-0.39, 0.29) is 23.7 Å². The van der Waals surface area contributed by atoms with Gasteiger partial charge in [-0.3, -0.25) is 0 Å². The minimum atomic E-state index is -4.04. The molecule has 15 heavy (non-hydrogen) atoms. The van der Waals surface area contributed by atoms with Gasteiger partial charge in [-0.1, -0.05) is 34.6 Å². The smallest absolute Gasteiger partial charge is 0.171 e. The highest BCUT2D eigenvalue weighted by molar-refractivity contribution is 5.08. The van der Waals surface area contributed by atoms with Crippen LogP contribution < -0.4 is 0 Å². The van der Waals surface area contributed by atoms with Crippen LogP contribution in [0.5, 0.6) is 0 Å². The zero-order chi connectivity index (χ0) is 12.1. The van der Waals surface area contributed by atoms with E-state index >= 15 is 0 Å². The third kappa shape index (κ3) is 1.78. The lowest BCUT2D eigenvalue weighted by atomic mass is 9.44. The summed E-state index contributed by atoms with van der Waals surface area (Å²) in [6.45, 7) is 9.50. The molecule has 0 unspecified atom stereocenters. The average molecular weight is 222 g/mol. The molecule has 0 aromatic rings. The summed E-state index contributed by atoms with van der Waals surface area (Å²) in [5.74, 6) is 0. The Kier molecular flexibility index (Phi) is 2.69. The Hall–Kier alpha value is -0.210. The Bertz CT molecular complexity index is 239. The second-order valence-electron chi connectivity index (χ2n) is 6.30. The van der Waals surface area contributed by atoms with Gasteiger partial charge in [0, 0.05) is 0 Å². The van der Waals surface area contributed by atoms with E-state index in [0.717, 1.165) is 6.42 Å². The van der Waals surface area contributed by atoms with Crippen molar-refractivity contribution in [1.29, 1.82) is 0 Å². The number of hydrogen-bond donors (Lipinski definition) is 0. The molecule has 1 fully saturated rings. The maximum absolute atomic E-state index is 12.8. The van der Waals surface area contributed by atoms with E-state index < -0.39 is 11.6 Å². The maximum atomic E-state index is 12.8. The summed E-state index contributed by atoms with van der Waals surface area (Å²) in [6.07, 6.45) is -2.65. The first-order valence-electron chi connectivity index (χ1n) is 5.54. The first-order valence-corrected chi connectivity index (χ1v) is 5.54. The molecule has 0 N–H and O–H groups in total. The molecule has 90 valence electrons. The van der Waals surface area contributed by atoms with E-state index in [0.29, 0.717) is 0 Å². The maximum Gasteiger partial charge on any atom is 0.394 e. The zero-order valence-corrected chi connectivity index (χ0v) is 10.3. The van der Waals surface area contributed by atoms with E-state index in [1.54, 1.807) is 0 Å². The van der Waals surface area contributed by atoms with Crippen LogP contribution in [0.2, 0.25) is 0 Å². The van der Waals surface area contributed by atoms with Crippen LogP contribution in [0.1, 0.15) is 53.9 Å². The van der Waals surface area contributed by atoms with Gasteiger partial charge in [0.25, 0.3) is 0 Å². The molecule has 0 amide bonds. The van der Waals surface area contributed by atoms with Gasteiger partial charge in [-0.25, -0.2) is 0 Å². The van der Waals surface area contributed by atoms with Gasteiger partial charge in [0.2, 0.25) is 0 Å². The molecule has 1 rings (SSSR count). The van der Waals surface area contributed by atoms with Crippen LogP contribution in [0.4, 0.5) is 13.2 Å². The molecule has 0 heterocycles. The van der Waals surface area contributed by atoms with E-state index in [2.05, 4.69) is 0 Å². The van der Waals surface area contributed by atoms with Gasteiger partial charge in [0.05, 0.1) is 5.41 Å². The summed E-state index contributed by atoms with van der Waals surface area (Å²) in [6, 6.07) is 0. The lowest BCUT2D eigenvalue weighted by Crippen LogP contribution is -2.57. The first kappa shape index (κ1) is 12.9. The van der Waals surface area contributed by atoms with Crippen LogP contribution in [0.3, 0.4) is 0 Å². The third-order valence-corrected chi connectivity index (χ3v) is 4.41. The molecule has 1 saturated carbocycles. The summed E-state index contributed by atoms with van der Waals surface area (Å²) >= 11 is 0. The van der Waals surface area contributed by atoms with Gasteiger partial charge in [0.1, 0.15) is 0 Å². The topological polar surface area (TPSA) is 0 Å². The van der Waals surface area contributed by atoms with Crippen LogP contribution in [-0.2, 0) is 0 Å². The number of halogens is 3. The Labute approximate surface area is 90.2 Å². The van der Waals surface area contributed by atoms with Crippen molar-refractivity contribution in [3.8, 4) is 0 Å². The van der Waals surface area contributed by atoms with Crippen molar-refractivity contribution in [2.24, 2.45) is 16.2 Å². The molecule has 1 aliphatic carbocycles. The van der Waals surface area contributed by atoms with Gasteiger partial charge < -0.3 is 0 Å². The molecular weight excluding hydrogens is 201 g/mol. The lowest BCUT2D eigenvalue weighted by molar-refractivity contribution is -0.290. The molecule has 0 aromatic carbocycles. The summed E-state index contributed by atoms with van der Waals surface area (Å²) in [5.41, 5.74) is -1.61. The number of hydrogen-bond acceptors (Lipinski definition) is 0. The molecule has 1 aliphatic rings. The molecule has 0 saturated heterocycles. The lowest BCUT2D eigenvalue weighted by Gasteiger charge is -2.61. The third-order valence-electron chi connectivity index (χ3n) is 4.41. The number of rotatable bonds is 1. The monoisotopic (exact) mass is 222 g/mol. The predicted molar refractivity (Wildman–Crippen MR) is 55.6 cm³/mol. The van der Waals surface area contributed by atoms with Crippen LogP contribution in [-0.4, -0.2) is 6.18 Å². The standard InChI is InChI=1S/C12H21F3/c1-6-11(9(2,3)4)7-10(5,8-11)12(13,14)15/h6-8H2,1-5H3. The Morgan fingerprint density at radius 2 is 1.47 bits per heavy atom. The van der Waals surface area contributed by atoms with Crippen LogP contribution >= 0.6 is 0 Å².